The molecule has 1 aliphatic carbocycles. The van der Waals surface area contributed by atoms with Gasteiger partial charge in [-0.2, -0.15) is 0 Å². The Bertz CT molecular complexity index is 1830. The average molecular weight is 611 g/mol. The number of hydrogen-bond acceptors (Lipinski definition) is 5. The molecule has 6 nitrogen and oxygen atoms in total. The van der Waals surface area contributed by atoms with Gasteiger partial charge in [0.05, 0.1) is 30.1 Å². The van der Waals surface area contributed by atoms with E-state index in [-0.39, 0.29) is 23.0 Å². The molecule has 1 amide bonds. The molecule has 0 bridgehead atoms. The fourth-order valence-corrected chi connectivity index (χ4v) is 6.37. The predicted molar refractivity (Wildman–Crippen MR) is 183 cm³/mol. The van der Waals surface area contributed by atoms with Gasteiger partial charge in [-0.25, -0.2) is 4.79 Å². The number of nitrogens with zero attached hydrogens (tertiary/aromatic N) is 1. The van der Waals surface area contributed by atoms with Crippen molar-refractivity contribution in [3.05, 3.63) is 148 Å². The van der Waals surface area contributed by atoms with E-state index in [2.05, 4.69) is 50.4 Å². The summed E-state index contributed by atoms with van der Waals surface area (Å²) in [6, 6.07) is 32.2. The van der Waals surface area contributed by atoms with Crippen LogP contribution in [0.5, 0.6) is 0 Å². The topological polar surface area (TPSA) is 75.7 Å². The van der Waals surface area contributed by atoms with Crippen LogP contribution in [-0.2, 0) is 19.7 Å². The summed E-state index contributed by atoms with van der Waals surface area (Å²) in [5, 5.41) is 3.59. The second-order valence-corrected chi connectivity index (χ2v) is 12.9. The first-order valence-corrected chi connectivity index (χ1v) is 15.6. The van der Waals surface area contributed by atoms with Gasteiger partial charge < -0.3 is 10.1 Å². The zero-order valence-corrected chi connectivity index (χ0v) is 26.6. The van der Waals surface area contributed by atoms with Gasteiger partial charge in [0.15, 0.2) is 5.78 Å². The number of benzene rings is 4. The number of methoxy groups -OCH3 is 1. The van der Waals surface area contributed by atoms with Crippen LogP contribution in [0.3, 0.4) is 0 Å². The molecule has 2 aliphatic rings. The highest BCUT2D eigenvalue weighted by molar-refractivity contribution is 6.10. The van der Waals surface area contributed by atoms with Gasteiger partial charge in [-0.05, 0) is 70.3 Å². The Morgan fingerprint density at radius 1 is 0.826 bits per heavy atom. The maximum absolute atomic E-state index is 14.4. The SMILES string of the molecule is COC(=O)c1ccc(C2C3=C(CC(c4ccc(C(C)(C)C)cc4)CC3=O)Nc3ccccc3N2C(=O)/C=C/c2ccccc2)cc1. The number of para-hydroxylation sites is 2. The second kappa shape index (κ2) is 12.6. The minimum Gasteiger partial charge on any atom is -0.465 e. The smallest absolute Gasteiger partial charge is 0.337 e. The van der Waals surface area contributed by atoms with Crippen LogP contribution in [0.25, 0.3) is 6.08 Å². The Balaban J connectivity index is 1.48. The Morgan fingerprint density at radius 2 is 1.48 bits per heavy atom. The third-order valence-electron chi connectivity index (χ3n) is 8.84. The summed E-state index contributed by atoms with van der Waals surface area (Å²) in [6.45, 7) is 6.57. The van der Waals surface area contributed by atoms with Gasteiger partial charge >= 0.3 is 5.97 Å². The van der Waals surface area contributed by atoms with Gasteiger partial charge in [0.1, 0.15) is 0 Å². The summed E-state index contributed by atoms with van der Waals surface area (Å²) in [5.41, 5.74) is 7.18. The van der Waals surface area contributed by atoms with Gasteiger partial charge in [-0.15, -0.1) is 0 Å². The summed E-state index contributed by atoms with van der Waals surface area (Å²) in [4.78, 5) is 42.6. The quantitative estimate of drug-likeness (QED) is 0.181. The van der Waals surface area contributed by atoms with Crippen molar-refractivity contribution in [2.45, 2.75) is 51.0 Å². The summed E-state index contributed by atoms with van der Waals surface area (Å²) < 4.78 is 4.92. The average Bonchev–Trinajstić information content (AvgIpc) is 3.22. The number of hydrogen-bond donors (Lipinski definition) is 1. The molecule has 0 fully saturated rings. The third kappa shape index (κ3) is 6.16. The van der Waals surface area contributed by atoms with E-state index in [1.165, 1.54) is 12.7 Å². The number of ketones is 1. The van der Waals surface area contributed by atoms with E-state index in [4.69, 9.17) is 4.74 Å². The van der Waals surface area contributed by atoms with Crippen molar-refractivity contribution >= 4 is 35.1 Å². The number of Topliss-reactive ketones (excluding diaryl/α,β-unsaturated/α-hetero) is 1. The van der Waals surface area contributed by atoms with E-state index in [1.54, 1.807) is 41.3 Å². The van der Waals surface area contributed by atoms with E-state index in [1.807, 2.05) is 54.6 Å². The van der Waals surface area contributed by atoms with Gasteiger partial charge in [-0.1, -0.05) is 99.6 Å². The van der Waals surface area contributed by atoms with Crippen LogP contribution in [0, 0.1) is 0 Å². The molecule has 0 saturated carbocycles. The molecule has 1 aliphatic heterocycles. The number of esters is 1. The highest BCUT2D eigenvalue weighted by Crippen LogP contribution is 2.47. The Kier molecular flexibility index (Phi) is 8.46. The van der Waals surface area contributed by atoms with Gasteiger partial charge in [0.2, 0.25) is 0 Å². The zero-order chi connectivity index (χ0) is 32.4. The van der Waals surface area contributed by atoms with Crippen molar-refractivity contribution < 1.29 is 19.1 Å². The van der Waals surface area contributed by atoms with Crippen molar-refractivity contribution in [3.63, 3.8) is 0 Å². The molecule has 6 rings (SSSR count). The molecule has 0 spiro atoms. The van der Waals surface area contributed by atoms with Crippen LogP contribution < -0.4 is 10.2 Å². The fraction of sp³-hybridized carbons (Fsp3) is 0.225. The molecular weight excluding hydrogens is 572 g/mol. The van der Waals surface area contributed by atoms with Crippen LogP contribution in [0.15, 0.2) is 120 Å². The first-order chi connectivity index (χ1) is 22.1. The van der Waals surface area contributed by atoms with E-state index in [0.29, 0.717) is 29.7 Å². The van der Waals surface area contributed by atoms with Gasteiger partial charge in [-0.3, -0.25) is 14.5 Å². The van der Waals surface area contributed by atoms with Crippen LogP contribution in [0.2, 0.25) is 0 Å². The van der Waals surface area contributed by atoms with Gasteiger partial charge in [0.25, 0.3) is 5.91 Å². The molecule has 1 heterocycles. The largest absolute Gasteiger partial charge is 0.465 e. The summed E-state index contributed by atoms with van der Waals surface area (Å²) in [5.74, 6) is -0.741. The predicted octanol–water partition coefficient (Wildman–Crippen LogP) is 8.38. The molecule has 2 atom stereocenters. The molecule has 0 radical (unpaired) electrons. The number of anilines is 2. The summed E-state index contributed by atoms with van der Waals surface area (Å²) >= 11 is 0. The molecule has 0 saturated heterocycles. The molecule has 0 aromatic heterocycles. The number of nitrogens with one attached hydrogen (secondary N) is 1. The van der Waals surface area contributed by atoms with Crippen molar-refractivity contribution in [1.82, 2.24) is 0 Å². The second-order valence-electron chi connectivity index (χ2n) is 12.9. The van der Waals surface area contributed by atoms with Crippen molar-refractivity contribution in [1.29, 1.82) is 0 Å². The highest BCUT2D eigenvalue weighted by Gasteiger charge is 2.41. The molecule has 46 heavy (non-hydrogen) atoms. The molecule has 2 unspecified atom stereocenters. The van der Waals surface area contributed by atoms with Crippen LogP contribution in [-0.4, -0.2) is 24.8 Å². The Hall–Kier alpha value is -5.23. The Morgan fingerprint density at radius 3 is 2.15 bits per heavy atom. The van der Waals surface area contributed by atoms with E-state index in [9.17, 15) is 14.4 Å². The zero-order valence-electron chi connectivity index (χ0n) is 26.6. The lowest BCUT2D eigenvalue weighted by Crippen LogP contribution is -2.37. The van der Waals surface area contributed by atoms with Crippen LogP contribution in [0.1, 0.15) is 78.2 Å². The van der Waals surface area contributed by atoms with Crippen LogP contribution in [0.4, 0.5) is 11.4 Å². The number of carbonyl (C=O) groups is 3. The molecule has 4 aromatic carbocycles. The normalized spacial score (nSPS) is 18.0. The number of amides is 1. The minimum absolute atomic E-state index is 0.0116. The number of ether oxygens (including phenoxy) is 1. The monoisotopic (exact) mass is 610 g/mol. The number of carbonyl (C=O) groups excluding carboxylic acids is 3. The fourth-order valence-electron chi connectivity index (χ4n) is 6.37. The number of rotatable bonds is 5. The molecular formula is C40H38N2O4. The van der Waals surface area contributed by atoms with Gasteiger partial charge in [0, 0.05) is 23.8 Å². The molecule has 6 heteroatoms. The minimum atomic E-state index is -0.720. The van der Waals surface area contributed by atoms with Crippen molar-refractivity contribution in [2.24, 2.45) is 0 Å². The lowest BCUT2D eigenvalue weighted by Gasteiger charge is -2.34. The van der Waals surface area contributed by atoms with E-state index < -0.39 is 12.0 Å². The Labute approximate surface area is 270 Å². The summed E-state index contributed by atoms with van der Waals surface area (Å²) in [7, 11) is 1.34. The standard InChI is InChI=1S/C40H38N2O4/c1-40(2,3)31-21-19-27(20-22-31)30-24-33-37(35(43)25-30)38(28-15-17-29(18-16-28)39(45)46-4)42(34-13-9-8-12-32(34)41-33)36(44)23-14-26-10-6-5-7-11-26/h5-23,30,38,41H,24-25H2,1-4H3/b23-14+. The summed E-state index contributed by atoms with van der Waals surface area (Å²) in [6.07, 6.45) is 4.28. The molecule has 232 valence electrons. The third-order valence-corrected chi connectivity index (χ3v) is 8.84. The molecule has 1 N–H and O–H groups in total. The van der Waals surface area contributed by atoms with Crippen LogP contribution >= 0.6 is 0 Å². The molecule has 4 aromatic rings. The number of fused-ring (bicyclic) bond motifs is 1. The highest BCUT2D eigenvalue weighted by atomic mass is 16.5. The van der Waals surface area contributed by atoms with E-state index >= 15 is 0 Å². The first-order valence-electron chi connectivity index (χ1n) is 15.6. The number of allylic oxidation sites excluding steroid dienone is 1. The lowest BCUT2D eigenvalue weighted by atomic mass is 9.77. The van der Waals surface area contributed by atoms with E-state index in [0.717, 1.165) is 28.1 Å². The lowest BCUT2D eigenvalue weighted by molar-refractivity contribution is -0.116. The van der Waals surface area contributed by atoms with Crippen molar-refractivity contribution in [2.75, 3.05) is 17.3 Å². The van der Waals surface area contributed by atoms with Crippen molar-refractivity contribution in [3.8, 4) is 0 Å². The maximum Gasteiger partial charge on any atom is 0.337 e. The maximum atomic E-state index is 14.4. The first kappa shape index (κ1) is 30.8.